The number of hydrogen-bond acceptors (Lipinski definition) is 4. The third kappa shape index (κ3) is 4.38. The Hall–Kier alpha value is -0.750. The number of thioether (sulfide) groups is 1. The van der Waals surface area contributed by atoms with Crippen molar-refractivity contribution in [2.45, 2.75) is 30.9 Å². The second-order valence-corrected chi connectivity index (χ2v) is 6.54. The average Bonchev–Trinajstić information content (AvgIpc) is 2.46. The molecule has 6 heteroatoms. The van der Waals surface area contributed by atoms with E-state index in [1.54, 1.807) is 11.8 Å². The smallest absolute Gasteiger partial charge is 0.306 e. The minimum Gasteiger partial charge on any atom is -0.481 e. The molecule has 0 saturated carbocycles. The first kappa shape index (κ1) is 14.7. The van der Waals surface area contributed by atoms with Crippen LogP contribution in [0.5, 0.6) is 0 Å². The Labute approximate surface area is 118 Å². The molecule has 2 heterocycles. The lowest BCUT2D eigenvalue weighted by atomic mass is 9.97. The van der Waals surface area contributed by atoms with E-state index in [2.05, 4.69) is 5.32 Å². The molecule has 0 spiro atoms. The highest BCUT2D eigenvalue weighted by molar-refractivity contribution is 8.00. The number of nitrogens with zero attached hydrogens (tertiary/aromatic N) is 1. The Balaban J connectivity index is 1.67. The highest BCUT2D eigenvalue weighted by Crippen LogP contribution is 2.22. The molecule has 2 aliphatic heterocycles. The van der Waals surface area contributed by atoms with Gasteiger partial charge in [0.2, 0.25) is 5.91 Å². The second kappa shape index (κ2) is 7.14. The van der Waals surface area contributed by atoms with E-state index < -0.39 is 5.97 Å². The van der Waals surface area contributed by atoms with Gasteiger partial charge in [0.15, 0.2) is 0 Å². The van der Waals surface area contributed by atoms with Crippen molar-refractivity contribution in [3.63, 3.8) is 0 Å². The lowest BCUT2D eigenvalue weighted by Gasteiger charge is -2.30. The van der Waals surface area contributed by atoms with Gasteiger partial charge in [-0.05, 0) is 38.8 Å². The molecule has 2 N–H and O–H groups in total. The van der Waals surface area contributed by atoms with Gasteiger partial charge < -0.3 is 15.3 Å². The third-order valence-corrected chi connectivity index (χ3v) is 5.28. The van der Waals surface area contributed by atoms with Gasteiger partial charge in [-0.3, -0.25) is 9.59 Å². The summed E-state index contributed by atoms with van der Waals surface area (Å²) in [7, 11) is 0. The molecule has 0 atom stereocenters. The summed E-state index contributed by atoms with van der Waals surface area (Å²) in [6.07, 6.45) is 3.47. The fourth-order valence-electron chi connectivity index (χ4n) is 2.62. The molecule has 2 aliphatic rings. The number of carboxylic acids is 1. The average molecular weight is 286 g/mol. The summed E-state index contributed by atoms with van der Waals surface area (Å²) in [6, 6.07) is 0. The first-order chi connectivity index (χ1) is 9.16. The molecule has 5 nitrogen and oxygen atoms in total. The second-order valence-electron chi connectivity index (χ2n) is 5.25. The van der Waals surface area contributed by atoms with E-state index in [-0.39, 0.29) is 11.8 Å². The third-order valence-electron chi connectivity index (χ3n) is 3.93. The summed E-state index contributed by atoms with van der Waals surface area (Å²) in [5, 5.41) is 12.8. The zero-order chi connectivity index (χ0) is 13.7. The maximum absolute atomic E-state index is 12.1. The number of nitrogens with one attached hydrogen (secondary N) is 1. The van der Waals surface area contributed by atoms with Gasteiger partial charge in [-0.15, -0.1) is 11.8 Å². The van der Waals surface area contributed by atoms with Crippen LogP contribution in [0.1, 0.15) is 25.7 Å². The molecule has 1 amide bonds. The number of carbonyl (C=O) groups is 2. The summed E-state index contributed by atoms with van der Waals surface area (Å²) < 4.78 is 0. The van der Waals surface area contributed by atoms with Gasteiger partial charge in [0.25, 0.3) is 0 Å². The Kier molecular flexibility index (Phi) is 5.51. The molecular weight excluding hydrogens is 264 g/mol. The van der Waals surface area contributed by atoms with Crippen LogP contribution in [0.2, 0.25) is 0 Å². The van der Waals surface area contributed by atoms with Crippen molar-refractivity contribution in [2.24, 2.45) is 5.92 Å². The molecule has 0 unspecified atom stereocenters. The molecule has 2 rings (SSSR count). The summed E-state index contributed by atoms with van der Waals surface area (Å²) in [6.45, 7) is 3.30. The molecule has 0 bridgehead atoms. The Bertz CT molecular complexity index is 324. The van der Waals surface area contributed by atoms with Crippen LogP contribution in [0.25, 0.3) is 0 Å². The largest absolute Gasteiger partial charge is 0.481 e. The van der Waals surface area contributed by atoms with Gasteiger partial charge in [-0.2, -0.15) is 0 Å². The predicted molar refractivity (Wildman–Crippen MR) is 75.3 cm³/mol. The van der Waals surface area contributed by atoms with Crippen LogP contribution in [0, 0.1) is 5.92 Å². The Morgan fingerprint density at radius 1 is 1.16 bits per heavy atom. The van der Waals surface area contributed by atoms with Gasteiger partial charge in [-0.1, -0.05) is 0 Å². The minimum atomic E-state index is -0.726. The van der Waals surface area contributed by atoms with Crippen LogP contribution in [0.15, 0.2) is 0 Å². The van der Waals surface area contributed by atoms with E-state index in [0.717, 1.165) is 25.9 Å². The van der Waals surface area contributed by atoms with Crippen LogP contribution in [0.3, 0.4) is 0 Å². The zero-order valence-electron chi connectivity index (χ0n) is 11.1. The van der Waals surface area contributed by atoms with Gasteiger partial charge in [0.05, 0.1) is 11.7 Å². The Morgan fingerprint density at radius 3 is 2.37 bits per heavy atom. The van der Waals surface area contributed by atoms with E-state index in [1.807, 2.05) is 4.90 Å². The van der Waals surface area contributed by atoms with Crippen molar-refractivity contribution in [1.29, 1.82) is 0 Å². The SMILES string of the molecule is O=C(O)C1CCN(C(=O)CSC2CCNCC2)CC1. The van der Waals surface area contributed by atoms with Crippen molar-refractivity contribution in [3.05, 3.63) is 0 Å². The topological polar surface area (TPSA) is 69.6 Å². The molecule has 0 aromatic carbocycles. The number of carboxylic acid groups (broad SMARTS) is 1. The molecule has 0 radical (unpaired) electrons. The number of piperidine rings is 2. The van der Waals surface area contributed by atoms with Crippen LogP contribution >= 0.6 is 11.8 Å². The number of hydrogen-bond donors (Lipinski definition) is 2. The number of aliphatic carboxylic acids is 1. The van der Waals surface area contributed by atoms with Crippen molar-refractivity contribution < 1.29 is 14.7 Å². The van der Waals surface area contributed by atoms with Gasteiger partial charge in [0, 0.05) is 18.3 Å². The quantitative estimate of drug-likeness (QED) is 0.800. The number of rotatable bonds is 4. The van der Waals surface area contributed by atoms with Crippen molar-refractivity contribution >= 4 is 23.6 Å². The van der Waals surface area contributed by atoms with Crippen LogP contribution in [-0.4, -0.2) is 59.1 Å². The maximum atomic E-state index is 12.1. The molecule has 0 aliphatic carbocycles. The fraction of sp³-hybridized carbons (Fsp3) is 0.846. The summed E-state index contributed by atoms with van der Waals surface area (Å²) >= 11 is 1.76. The first-order valence-corrected chi connectivity index (χ1v) is 8.04. The number of amides is 1. The van der Waals surface area contributed by atoms with Gasteiger partial charge in [0.1, 0.15) is 0 Å². The van der Waals surface area contributed by atoms with Crippen LogP contribution in [0.4, 0.5) is 0 Å². The zero-order valence-corrected chi connectivity index (χ0v) is 12.0. The van der Waals surface area contributed by atoms with Crippen molar-refractivity contribution in [3.8, 4) is 0 Å². The Morgan fingerprint density at radius 2 is 1.79 bits per heavy atom. The summed E-state index contributed by atoms with van der Waals surface area (Å²) in [4.78, 5) is 24.7. The monoisotopic (exact) mass is 286 g/mol. The molecule has 2 fully saturated rings. The molecular formula is C13H22N2O3S. The molecule has 2 saturated heterocycles. The molecule has 0 aromatic heterocycles. The van der Waals surface area contributed by atoms with Crippen LogP contribution in [-0.2, 0) is 9.59 Å². The number of carbonyl (C=O) groups excluding carboxylic acids is 1. The summed E-state index contributed by atoms with van der Waals surface area (Å²) in [5.41, 5.74) is 0. The van der Waals surface area contributed by atoms with E-state index in [1.165, 1.54) is 0 Å². The molecule has 0 aromatic rings. The van der Waals surface area contributed by atoms with E-state index in [4.69, 9.17) is 5.11 Å². The van der Waals surface area contributed by atoms with Crippen LogP contribution < -0.4 is 5.32 Å². The van der Waals surface area contributed by atoms with Gasteiger partial charge in [-0.25, -0.2) is 0 Å². The minimum absolute atomic E-state index is 0.173. The highest BCUT2D eigenvalue weighted by Gasteiger charge is 2.27. The number of likely N-dealkylation sites (tertiary alicyclic amines) is 1. The maximum Gasteiger partial charge on any atom is 0.306 e. The fourth-order valence-corrected chi connectivity index (χ4v) is 3.75. The van der Waals surface area contributed by atoms with Gasteiger partial charge >= 0.3 is 5.97 Å². The first-order valence-electron chi connectivity index (χ1n) is 6.99. The van der Waals surface area contributed by atoms with Crippen molar-refractivity contribution in [2.75, 3.05) is 31.9 Å². The van der Waals surface area contributed by atoms with Crippen molar-refractivity contribution in [1.82, 2.24) is 10.2 Å². The van der Waals surface area contributed by atoms with E-state index in [0.29, 0.717) is 36.9 Å². The van der Waals surface area contributed by atoms with E-state index >= 15 is 0 Å². The standard InChI is InChI=1S/C13H22N2O3S/c16-12(9-19-11-1-5-14-6-2-11)15-7-3-10(4-8-15)13(17)18/h10-11,14H,1-9H2,(H,17,18). The summed E-state index contributed by atoms with van der Waals surface area (Å²) in [5.74, 6) is -0.271. The lowest BCUT2D eigenvalue weighted by Crippen LogP contribution is -2.41. The normalized spacial score (nSPS) is 22.4. The lowest BCUT2D eigenvalue weighted by molar-refractivity contribution is -0.145. The highest BCUT2D eigenvalue weighted by atomic mass is 32.2. The molecule has 19 heavy (non-hydrogen) atoms. The molecule has 108 valence electrons. The predicted octanol–water partition coefficient (Wildman–Crippen LogP) is 0.795. The van der Waals surface area contributed by atoms with E-state index in [9.17, 15) is 9.59 Å².